The Balaban J connectivity index is 1.67. The van der Waals surface area contributed by atoms with Crippen molar-refractivity contribution in [2.24, 2.45) is 0 Å². The molecule has 1 aromatic rings. The summed E-state index contributed by atoms with van der Waals surface area (Å²) in [6.45, 7) is 2.22. The van der Waals surface area contributed by atoms with Gasteiger partial charge in [-0.3, -0.25) is 4.79 Å². The van der Waals surface area contributed by atoms with Gasteiger partial charge in [-0.1, -0.05) is 17.7 Å². The van der Waals surface area contributed by atoms with Crippen molar-refractivity contribution < 1.29 is 9.53 Å². The van der Waals surface area contributed by atoms with Gasteiger partial charge in [0.1, 0.15) is 5.15 Å². The van der Waals surface area contributed by atoms with Crippen LogP contribution in [0.5, 0.6) is 0 Å². The van der Waals surface area contributed by atoms with E-state index in [2.05, 4.69) is 4.98 Å². The Labute approximate surface area is 124 Å². The highest BCUT2D eigenvalue weighted by molar-refractivity contribution is 6.29. The van der Waals surface area contributed by atoms with Gasteiger partial charge in [-0.2, -0.15) is 0 Å². The monoisotopic (exact) mass is 294 g/mol. The van der Waals surface area contributed by atoms with Crippen LogP contribution in [0.25, 0.3) is 0 Å². The van der Waals surface area contributed by atoms with Crippen molar-refractivity contribution in [3.63, 3.8) is 0 Å². The van der Waals surface area contributed by atoms with Crippen LogP contribution in [0, 0.1) is 0 Å². The molecule has 3 heterocycles. The highest BCUT2D eigenvalue weighted by atomic mass is 35.5. The first-order chi connectivity index (χ1) is 9.67. The SMILES string of the molecule is O=C1CCC2(CCCO2)CCN1Cc1ccc(Cl)nc1. The van der Waals surface area contributed by atoms with Gasteiger partial charge in [0, 0.05) is 32.3 Å². The van der Waals surface area contributed by atoms with Gasteiger partial charge in [0.2, 0.25) is 5.91 Å². The summed E-state index contributed by atoms with van der Waals surface area (Å²) < 4.78 is 5.92. The van der Waals surface area contributed by atoms with E-state index in [4.69, 9.17) is 16.3 Å². The molecule has 0 saturated carbocycles. The van der Waals surface area contributed by atoms with Crippen LogP contribution in [0.4, 0.5) is 0 Å². The smallest absolute Gasteiger partial charge is 0.222 e. The maximum absolute atomic E-state index is 12.2. The van der Waals surface area contributed by atoms with Gasteiger partial charge < -0.3 is 9.64 Å². The molecule has 1 unspecified atom stereocenters. The Morgan fingerprint density at radius 3 is 2.95 bits per heavy atom. The molecule has 0 aliphatic carbocycles. The van der Waals surface area contributed by atoms with Gasteiger partial charge in [-0.05, 0) is 37.3 Å². The topological polar surface area (TPSA) is 42.4 Å². The fourth-order valence-corrected chi connectivity index (χ4v) is 3.23. The van der Waals surface area contributed by atoms with Crippen LogP contribution in [0.3, 0.4) is 0 Å². The van der Waals surface area contributed by atoms with Crippen molar-refractivity contribution in [2.45, 2.75) is 44.2 Å². The summed E-state index contributed by atoms with van der Waals surface area (Å²) in [5.41, 5.74) is 0.980. The molecular formula is C15H19ClN2O2. The minimum atomic E-state index is -0.0390. The second kappa shape index (κ2) is 5.70. The zero-order valence-electron chi connectivity index (χ0n) is 11.5. The fraction of sp³-hybridized carbons (Fsp3) is 0.600. The van der Waals surface area contributed by atoms with Crippen LogP contribution < -0.4 is 0 Å². The Morgan fingerprint density at radius 2 is 2.25 bits per heavy atom. The number of carbonyl (C=O) groups is 1. The number of halogens is 1. The summed E-state index contributed by atoms with van der Waals surface area (Å²) in [5.74, 6) is 0.215. The number of amides is 1. The van der Waals surface area contributed by atoms with Crippen molar-refractivity contribution >= 4 is 17.5 Å². The predicted molar refractivity (Wildman–Crippen MR) is 76.4 cm³/mol. The fourth-order valence-electron chi connectivity index (χ4n) is 3.12. The number of hydrogen-bond donors (Lipinski definition) is 0. The Hall–Kier alpha value is -1.13. The number of pyridine rings is 1. The first-order valence-corrected chi connectivity index (χ1v) is 7.57. The van der Waals surface area contributed by atoms with Gasteiger partial charge in [-0.25, -0.2) is 4.98 Å². The molecule has 0 radical (unpaired) electrons. The van der Waals surface area contributed by atoms with Crippen molar-refractivity contribution in [3.8, 4) is 0 Å². The number of rotatable bonds is 2. The first-order valence-electron chi connectivity index (χ1n) is 7.19. The summed E-state index contributed by atoms with van der Waals surface area (Å²) in [5, 5.41) is 0.481. The van der Waals surface area contributed by atoms with Crippen molar-refractivity contribution in [3.05, 3.63) is 29.0 Å². The van der Waals surface area contributed by atoms with Crippen molar-refractivity contribution in [2.75, 3.05) is 13.2 Å². The molecule has 0 aromatic carbocycles. The zero-order valence-corrected chi connectivity index (χ0v) is 12.2. The standard InChI is InChI=1S/C15H19ClN2O2/c16-13-3-2-12(10-17-13)11-18-8-7-15(5-1-9-20-15)6-4-14(18)19/h2-3,10H,1,4-9,11H2. The van der Waals surface area contributed by atoms with E-state index in [1.807, 2.05) is 11.0 Å². The molecule has 0 bridgehead atoms. The van der Waals surface area contributed by atoms with E-state index >= 15 is 0 Å². The zero-order chi connectivity index (χ0) is 14.0. The normalized spacial score (nSPS) is 27.1. The Morgan fingerprint density at radius 1 is 1.35 bits per heavy atom. The Kier molecular flexibility index (Phi) is 3.94. The van der Waals surface area contributed by atoms with Crippen LogP contribution in [0.1, 0.15) is 37.7 Å². The van der Waals surface area contributed by atoms with E-state index in [1.54, 1.807) is 12.3 Å². The molecule has 20 heavy (non-hydrogen) atoms. The van der Waals surface area contributed by atoms with Crippen molar-refractivity contribution in [1.82, 2.24) is 9.88 Å². The number of aromatic nitrogens is 1. The lowest BCUT2D eigenvalue weighted by molar-refractivity contribution is -0.131. The maximum atomic E-state index is 12.2. The molecule has 0 N–H and O–H groups in total. The molecule has 2 aliphatic rings. The van der Waals surface area contributed by atoms with Crippen LogP contribution in [0.15, 0.2) is 18.3 Å². The highest BCUT2D eigenvalue weighted by Gasteiger charge is 2.38. The van der Waals surface area contributed by atoms with E-state index in [0.717, 1.165) is 44.4 Å². The van der Waals surface area contributed by atoms with E-state index < -0.39 is 0 Å². The molecule has 108 valence electrons. The third-order valence-electron chi connectivity index (χ3n) is 4.33. The average Bonchev–Trinajstić information content (AvgIpc) is 2.86. The Bertz CT molecular complexity index is 483. The molecule has 1 amide bonds. The lowest BCUT2D eigenvalue weighted by atomic mass is 9.92. The predicted octanol–water partition coefficient (Wildman–Crippen LogP) is 2.80. The van der Waals surface area contributed by atoms with Crippen molar-refractivity contribution in [1.29, 1.82) is 0 Å². The second-order valence-corrected chi connectivity index (χ2v) is 6.08. The molecule has 1 aromatic heterocycles. The van der Waals surface area contributed by atoms with Gasteiger partial charge in [-0.15, -0.1) is 0 Å². The van der Waals surface area contributed by atoms with E-state index in [9.17, 15) is 4.79 Å². The molecule has 4 nitrogen and oxygen atoms in total. The van der Waals surface area contributed by atoms with E-state index in [0.29, 0.717) is 18.1 Å². The molecule has 1 spiro atoms. The van der Waals surface area contributed by atoms with Crippen LogP contribution in [-0.4, -0.2) is 34.5 Å². The molecule has 5 heteroatoms. The largest absolute Gasteiger partial charge is 0.375 e. The molecule has 1 atom stereocenters. The van der Waals surface area contributed by atoms with Crippen LogP contribution in [0.2, 0.25) is 5.15 Å². The molecular weight excluding hydrogens is 276 g/mol. The van der Waals surface area contributed by atoms with Gasteiger partial charge >= 0.3 is 0 Å². The minimum absolute atomic E-state index is 0.0390. The minimum Gasteiger partial charge on any atom is -0.375 e. The second-order valence-electron chi connectivity index (χ2n) is 5.69. The van der Waals surface area contributed by atoms with Gasteiger partial charge in [0.25, 0.3) is 0 Å². The first kappa shape index (κ1) is 13.8. The summed E-state index contributed by atoms with van der Waals surface area (Å²) in [7, 11) is 0. The van der Waals surface area contributed by atoms with Gasteiger partial charge in [0.05, 0.1) is 5.60 Å². The third-order valence-corrected chi connectivity index (χ3v) is 4.56. The highest BCUT2D eigenvalue weighted by Crippen LogP contribution is 2.36. The summed E-state index contributed by atoms with van der Waals surface area (Å²) in [6.07, 6.45) is 6.34. The number of hydrogen-bond acceptors (Lipinski definition) is 3. The van der Waals surface area contributed by atoms with Gasteiger partial charge in [0.15, 0.2) is 0 Å². The number of nitrogens with zero attached hydrogens (tertiary/aromatic N) is 2. The molecule has 2 saturated heterocycles. The molecule has 2 fully saturated rings. The van der Waals surface area contributed by atoms with Crippen LogP contribution >= 0.6 is 11.6 Å². The maximum Gasteiger partial charge on any atom is 0.222 e. The summed E-state index contributed by atoms with van der Waals surface area (Å²) >= 11 is 5.78. The molecule has 3 rings (SSSR count). The lowest BCUT2D eigenvalue weighted by Crippen LogP contribution is -2.32. The molecule has 2 aliphatic heterocycles. The lowest BCUT2D eigenvalue weighted by Gasteiger charge is -2.26. The van der Waals surface area contributed by atoms with E-state index in [-0.39, 0.29) is 11.5 Å². The third kappa shape index (κ3) is 2.96. The van der Waals surface area contributed by atoms with Crippen LogP contribution in [-0.2, 0) is 16.1 Å². The summed E-state index contributed by atoms with van der Waals surface area (Å²) in [6, 6.07) is 3.69. The average molecular weight is 295 g/mol. The quantitative estimate of drug-likeness (QED) is 0.788. The van der Waals surface area contributed by atoms with E-state index in [1.165, 1.54) is 0 Å². The number of carbonyl (C=O) groups excluding carboxylic acids is 1. The summed E-state index contributed by atoms with van der Waals surface area (Å²) in [4.78, 5) is 18.2. The number of ether oxygens (including phenoxy) is 1. The number of likely N-dealkylation sites (tertiary alicyclic amines) is 1.